The highest BCUT2D eigenvalue weighted by Gasteiger charge is 2.12. The molecule has 1 aromatic carbocycles. The van der Waals surface area contributed by atoms with Crippen LogP contribution in [0.4, 0.5) is 0 Å². The number of rotatable bonds is 12. The average Bonchev–Trinajstić information content (AvgIpc) is 2.58. The van der Waals surface area contributed by atoms with Gasteiger partial charge < -0.3 is 9.84 Å². The van der Waals surface area contributed by atoms with Gasteiger partial charge in [-0.25, -0.2) is 5.06 Å². The van der Waals surface area contributed by atoms with Gasteiger partial charge in [-0.3, -0.25) is 10.0 Å². The van der Waals surface area contributed by atoms with Gasteiger partial charge in [0.15, 0.2) is 11.5 Å². The number of phenols is 1. The van der Waals surface area contributed by atoms with Crippen LogP contribution < -0.4 is 4.74 Å². The molecule has 5 nitrogen and oxygen atoms in total. The molecule has 1 aromatic rings. The number of ether oxygens (including phenoxy) is 1. The van der Waals surface area contributed by atoms with Crippen molar-refractivity contribution in [2.45, 2.75) is 57.9 Å². The van der Waals surface area contributed by atoms with E-state index in [1.54, 1.807) is 12.1 Å². The summed E-state index contributed by atoms with van der Waals surface area (Å²) in [4.78, 5) is 11.9. The van der Waals surface area contributed by atoms with E-state index in [2.05, 4.69) is 6.58 Å². The summed E-state index contributed by atoms with van der Waals surface area (Å²) in [6, 6.07) is 4.74. The lowest BCUT2D eigenvalue weighted by Gasteiger charge is -2.15. The summed E-state index contributed by atoms with van der Waals surface area (Å²) in [5.74, 6) is 0.0728. The lowest BCUT2D eigenvalue weighted by molar-refractivity contribution is -0.168. The number of phenolic OH excluding ortho intramolecular Hbond substituents is 1. The Morgan fingerprint density at radius 1 is 1.21 bits per heavy atom. The van der Waals surface area contributed by atoms with Crippen molar-refractivity contribution in [1.82, 2.24) is 5.06 Å². The Labute approximate surface area is 144 Å². The second-order valence-electron chi connectivity index (χ2n) is 5.91. The minimum absolute atomic E-state index is 0.0326. The number of hydroxylamine groups is 2. The summed E-state index contributed by atoms with van der Waals surface area (Å²) >= 11 is 0. The zero-order chi connectivity index (χ0) is 17.8. The maximum atomic E-state index is 11.9. The minimum Gasteiger partial charge on any atom is -0.504 e. The molecule has 0 atom stereocenters. The van der Waals surface area contributed by atoms with E-state index in [4.69, 9.17) is 4.74 Å². The van der Waals surface area contributed by atoms with E-state index in [1.165, 1.54) is 32.4 Å². The van der Waals surface area contributed by atoms with Crippen LogP contribution in [0.1, 0.15) is 56.9 Å². The van der Waals surface area contributed by atoms with Crippen molar-refractivity contribution in [2.75, 3.05) is 7.11 Å². The predicted octanol–water partition coefficient (Wildman–Crippen LogP) is 4.43. The molecule has 0 spiro atoms. The summed E-state index contributed by atoms with van der Waals surface area (Å²) in [6.07, 6.45) is 9.83. The van der Waals surface area contributed by atoms with Crippen LogP contribution in [0, 0.1) is 0 Å². The molecule has 1 rings (SSSR count). The Morgan fingerprint density at radius 2 is 1.88 bits per heavy atom. The van der Waals surface area contributed by atoms with Gasteiger partial charge in [0, 0.05) is 6.42 Å². The minimum atomic E-state index is -0.284. The second kappa shape index (κ2) is 11.5. The van der Waals surface area contributed by atoms with E-state index in [0.717, 1.165) is 30.7 Å². The monoisotopic (exact) mass is 335 g/mol. The Kier molecular flexibility index (Phi) is 9.61. The fourth-order valence-electron chi connectivity index (χ4n) is 2.48. The topological polar surface area (TPSA) is 70.0 Å². The smallest absolute Gasteiger partial charge is 0.246 e. The van der Waals surface area contributed by atoms with Gasteiger partial charge >= 0.3 is 0 Å². The molecule has 2 N–H and O–H groups in total. The molecule has 0 bridgehead atoms. The van der Waals surface area contributed by atoms with Gasteiger partial charge in [-0.2, -0.15) is 0 Å². The highest BCUT2D eigenvalue weighted by molar-refractivity contribution is 5.74. The first kappa shape index (κ1) is 20.0. The Hall–Kier alpha value is -2.01. The van der Waals surface area contributed by atoms with Gasteiger partial charge in [-0.05, 0) is 37.0 Å². The molecule has 24 heavy (non-hydrogen) atoms. The third kappa shape index (κ3) is 7.51. The molecule has 134 valence electrons. The van der Waals surface area contributed by atoms with E-state index in [0.29, 0.717) is 17.7 Å². The number of benzene rings is 1. The molecular formula is C19H29NO4. The molecule has 0 aromatic heterocycles. The summed E-state index contributed by atoms with van der Waals surface area (Å²) < 4.78 is 5.01. The van der Waals surface area contributed by atoms with Crippen LogP contribution in [0.25, 0.3) is 0 Å². The van der Waals surface area contributed by atoms with Gasteiger partial charge in [-0.15, -0.1) is 6.58 Å². The van der Waals surface area contributed by atoms with Gasteiger partial charge in [0.1, 0.15) is 0 Å². The SMILES string of the molecule is C=CCCCCCCCCC(=O)N(O)Cc1ccc(O)c(OC)c1. The van der Waals surface area contributed by atoms with E-state index < -0.39 is 0 Å². The van der Waals surface area contributed by atoms with E-state index >= 15 is 0 Å². The van der Waals surface area contributed by atoms with Gasteiger partial charge in [0.05, 0.1) is 13.7 Å². The number of hydrogen-bond acceptors (Lipinski definition) is 4. The molecule has 1 amide bonds. The molecular weight excluding hydrogens is 306 g/mol. The highest BCUT2D eigenvalue weighted by Crippen LogP contribution is 2.26. The number of hydrogen-bond donors (Lipinski definition) is 2. The average molecular weight is 335 g/mol. The standard InChI is InChI=1S/C19H29NO4/c1-3-4-5-6-7-8-9-10-11-19(22)20(23)15-16-12-13-17(21)18(14-16)24-2/h3,12-14,21,23H,1,4-11,15H2,2H3. The number of aromatic hydroxyl groups is 1. The van der Waals surface area contributed by atoms with Crippen molar-refractivity contribution in [3.05, 3.63) is 36.4 Å². The molecule has 0 radical (unpaired) electrons. The van der Waals surface area contributed by atoms with Crippen LogP contribution in [0.15, 0.2) is 30.9 Å². The molecule has 0 saturated carbocycles. The Morgan fingerprint density at radius 3 is 2.54 bits per heavy atom. The van der Waals surface area contributed by atoms with E-state index in [-0.39, 0.29) is 18.2 Å². The number of carbonyl (C=O) groups excluding carboxylic acids is 1. The van der Waals surface area contributed by atoms with Gasteiger partial charge in [-0.1, -0.05) is 37.8 Å². The van der Waals surface area contributed by atoms with E-state index in [1.807, 2.05) is 6.08 Å². The highest BCUT2D eigenvalue weighted by atomic mass is 16.5. The molecule has 0 aliphatic rings. The lowest BCUT2D eigenvalue weighted by atomic mass is 10.1. The first-order valence-electron chi connectivity index (χ1n) is 8.54. The summed E-state index contributed by atoms with van der Waals surface area (Å²) in [7, 11) is 1.46. The van der Waals surface area contributed by atoms with Crippen LogP contribution in [0.3, 0.4) is 0 Å². The molecule has 0 unspecified atom stereocenters. The third-order valence-corrected chi connectivity index (χ3v) is 3.91. The molecule has 0 saturated heterocycles. The quantitative estimate of drug-likeness (QED) is 0.257. The van der Waals surface area contributed by atoms with Crippen LogP contribution in [0.5, 0.6) is 11.5 Å². The molecule has 0 aliphatic carbocycles. The Balaban J connectivity index is 2.24. The van der Waals surface area contributed by atoms with Crippen LogP contribution in [0.2, 0.25) is 0 Å². The first-order valence-corrected chi connectivity index (χ1v) is 8.54. The number of nitrogens with zero attached hydrogens (tertiary/aromatic N) is 1. The summed E-state index contributed by atoms with van der Waals surface area (Å²) in [5, 5.41) is 20.1. The normalized spacial score (nSPS) is 10.4. The maximum Gasteiger partial charge on any atom is 0.246 e. The maximum absolute atomic E-state index is 11.9. The predicted molar refractivity (Wildman–Crippen MR) is 94.1 cm³/mol. The number of methoxy groups -OCH3 is 1. The van der Waals surface area contributed by atoms with Crippen molar-refractivity contribution in [3.63, 3.8) is 0 Å². The third-order valence-electron chi connectivity index (χ3n) is 3.91. The fourth-order valence-corrected chi connectivity index (χ4v) is 2.48. The Bertz CT molecular complexity index is 516. The zero-order valence-corrected chi connectivity index (χ0v) is 14.5. The van der Waals surface area contributed by atoms with Crippen molar-refractivity contribution in [1.29, 1.82) is 0 Å². The molecule has 0 heterocycles. The van der Waals surface area contributed by atoms with Crippen molar-refractivity contribution < 1.29 is 19.8 Å². The fraction of sp³-hybridized carbons (Fsp3) is 0.526. The molecule has 0 fully saturated rings. The number of carbonyl (C=O) groups is 1. The van der Waals surface area contributed by atoms with Gasteiger partial charge in [0.25, 0.3) is 0 Å². The second-order valence-corrected chi connectivity index (χ2v) is 5.91. The van der Waals surface area contributed by atoms with Gasteiger partial charge in [0.2, 0.25) is 5.91 Å². The summed E-state index contributed by atoms with van der Waals surface area (Å²) in [5.41, 5.74) is 0.697. The number of unbranched alkanes of at least 4 members (excludes halogenated alkanes) is 6. The van der Waals surface area contributed by atoms with E-state index in [9.17, 15) is 15.1 Å². The van der Waals surface area contributed by atoms with Crippen LogP contribution in [-0.4, -0.2) is 28.4 Å². The van der Waals surface area contributed by atoms with Crippen molar-refractivity contribution in [3.8, 4) is 11.5 Å². The van der Waals surface area contributed by atoms with Crippen molar-refractivity contribution >= 4 is 5.91 Å². The largest absolute Gasteiger partial charge is 0.504 e. The first-order chi connectivity index (χ1) is 11.6. The van der Waals surface area contributed by atoms with Crippen molar-refractivity contribution in [2.24, 2.45) is 0 Å². The molecule has 5 heteroatoms. The molecule has 0 aliphatic heterocycles. The zero-order valence-electron chi connectivity index (χ0n) is 14.5. The number of allylic oxidation sites excluding steroid dienone is 1. The number of amides is 1. The van der Waals surface area contributed by atoms with Crippen LogP contribution >= 0.6 is 0 Å². The summed E-state index contributed by atoms with van der Waals surface area (Å²) in [6.45, 7) is 3.78. The lowest BCUT2D eigenvalue weighted by Crippen LogP contribution is -2.26. The van der Waals surface area contributed by atoms with Crippen LogP contribution in [-0.2, 0) is 11.3 Å².